The van der Waals surface area contributed by atoms with Crippen LogP contribution in [0.15, 0.2) is 22.7 Å². The number of alkyl halides is 3. The summed E-state index contributed by atoms with van der Waals surface area (Å²) in [6, 6.07) is 1.60. The minimum atomic E-state index is -4.57. The van der Waals surface area contributed by atoms with Gasteiger partial charge in [0, 0.05) is 0 Å². The summed E-state index contributed by atoms with van der Waals surface area (Å²) in [7, 11) is 0. The van der Waals surface area contributed by atoms with E-state index in [9.17, 15) is 17.6 Å². The monoisotopic (exact) mass is 301 g/mol. The molecule has 0 radical (unpaired) electrons. The van der Waals surface area contributed by atoms with Gasteiger partial charge in [-0.3, -0.25) is 0 Å². The molecule has 1 saturated carbocycles. The molecule has 1 aromatic carbocycles. The maximum Gasteiger partial charge on any atom is 0.416 e. The lowest BCUT2D eigenvalue weighted by molar-refractivity contribution is -0.137. The van der Waals surface area contributed by atoms with E-state index >= 15 is 0 Å². The van der Waals surface area contributed by atoms with Crippen molar-refractivity contribution in [2.45, 2.75) is 25.1 Å². The molecule has 4 nitrogen and oxygen atoms in total. The summed E-state index contributed by atoms with van der Waals surface area (Å²) in [6.07, 6.45) is -2.68. The molecule has 21 heavy (non-hydrogen) atoms. The Morgan fingerprint density at radius 3 is 2.62 bits per heavy atom. The predicted octanol–water partition coefficient (Wildman–Crippen LogP) is 3.30. The number of aromatic nitrogens is 2. The lowest BCUT2D eigenvalue weighted by Crippen LogP contribution is -2.13. The van der Waals surface area contributed by atoms with Gasteiger partial charge in [-0.25, -0.2) is 4.39 Å². The number of nitrogens with two attached hydrogens (primary N) is 1. The smallest absolute Gasteiger partial charge is 0.334 e. The summed E-state index contributed by atoms with van der Waals surface area (Å²) < 4.78 is 56.5. The van der Waals surface area contributed by atoms with E-state index in [0.29, 0.717) is 12.1 Å². The van der Waals surface area contributed by atoms with Crippen LogP contribution in [-0.4, -0.2) is 10.1 Å². The van der Waals surface area contributed by atoms with Gasteiger partial charge in [-0.2, -0.15) is 18.2 Å². The van der Waals surface area contributed by atoms with Crippen LogP contribution in [0.2, 0.25) is 0 Å². The molecule has 0 aliphatic heterocycles. The Morgan fingerprint density at radius 1 is 1.29 bits per heavy atom. The van der Waals surface area contributed by atoms with Gasteiger partial charge in [0.2, 0.25) is 0 Å². The molecule has 1 aliphatic carbocycles. The van der Waals surface area contributed by atoms with Crippen LogP contribution >= 0.6 is 0 Å². The van der Waals surface area contributed by atoms with Crippen LogP contribution in [0.5, 0.6) is 0 Å². The number of benzene rings is 1. The van der Waals surface area contributed by atoms with Gasteiger partial charge in [0.15, 0.2) is 5.82 Å². The zero-order chi connectivity index (χ0) is 15.2. The van der Waals surface area contributed by atoms with Crippen LogP contribution in [0, 0.1) is 11.7 Å². The van der Waals surface area contributed by atoms with Crippen molar-refractivity contribution in [2.24, 2.45) is 11.7 Å². The quantitative estimate of drug-likeness (QED) is 0.883. The van der Waals surface area contributed by atoms with Crippen molar-refractivity contribution >= 4 is 0 Å². The molecule has 8 heteroatoms. The number of hydrogen-bond acceptors (Lipinski definition) is 4. The summed E-state index contributed by atoms with van der Waals surface area (Å²) in [5.74, 6) is -0.728. The highest BCUT2D eigenvalue weighted by Crippen LogP contribution is 2.39. The molecule has 1 unspecified atom stereocenters. The first-order valence-electron chi connectivity index (χ1n) is 6.32. The lowest BCUT2D eigenvalue weighted by Gasteiger charge is -2.07. The Labute approximate surface area is 116 Å². The van der Waals surface area contributed by atoms with Crippen LogP contribution in [0.3, 0.4) is 0 Å². The Hall–Kier alpha value is -1.96. The van der Waals surface area contributed by atoms with Gasteiger partial charge in [-0.15, -0.1) is 0 Å². The van der Waals surface area contributed by atoms with Gasteiger partial charge in [0.25, 0.3) is 5.89 Å². The Balaban J connectivity index is 1.96. The van der Waals surface area contributed by atoms with Gasteiger partial charge >= 0.3 is 6.18 Å². The van der Waals surface area contributed by atoms with Crippen molar-refractivity contribution in [3.8, 4) is 11.5 Å². The Morgan fingerprint density at radius 2 is 2.00 bits per heavy atom. The molecule has 2 N–H and O–H groups in total. The molecule has 2 aromatic rings. The van der Waals surface area contributed by atoms with E-state index in [0.717, 1.165) is 18.9 Å². The summed E-state index contributed by atoms with van der Waals surface area (Å²) in [6.45, 7) is 0. The molecule has 3 rings (SSSR count). The van der Waals surface area contributed by atoms with Crippen LogP contribution < -0.4 is 5.73 Å². The maximum atomic E-state index is 13.7. The number of halogens is 4. The highest BCUT2D eigenvalue weighted by molar-refractivity contribution is 5.55. The zero-order valence-corrected chi connectivity index (χ0v) is 10.7. The van der Waals surface area contributed by atoms with E-state index < -0.39 is 23.6 Å². The molecule has 0 amide bonds. The van der Waals surface area contributed by atoms with Crippen molar-refractivity contribution in [3.63, 3.8) is 0 Å². The molecular weight excluding hydrogens is 290 g/mol. The lowest BCUT2D eigenvalue weighted by atomic mass is 10.1. The van der Waals surface area contributed by atoms with E-state index in [1.165, 1.54) is 0 Å². The van der Waals surface area contributed by atoms with Gasteiger partial charge in [0.1, 0.15) is 5.82 Å². The van der Waals surface area contributed by atoms with E-state index in [1.807, 2.05) is 0 Å². The molecular formula is C13H11F4N3O. The van der Waals surface area contributed by atoms with Crippen molar-refractivity contribution in [1.29, 1.82) is 0 Å². The summed E-state index contributed by atoms with van der Waals surface area (Å²) in [4.78, 5) is 3.92. The van der Waals surface area contributed by atoms with Crippen LogP contribution in [0.4, 0.5) is 17.6 Å². The average molecular weight is 301 g/mol. The molecule has 0 spiro atoms. The highest BCUT2D eigenvalue weighted by Gasteiger charge is 2.34. The molecule has 1 heterocycles. The fourth-order valence-electron chi connectivity index (χ4n) is 2.01. The fraction of sp³-hybridized carbons (Fsp3) is 0.385. The summed E-state index contributed by atoms with van der Waals surface area (Å²) in [5, 5.41) is 3.63. The molecule has 1 aliphatic rings. The SMILES string of the molecule is NC(c1noc(-c2cc(C(F)(F)F)ccc2F)n1)C1CC1. The van der Waals surface area contributed by atoms with Crippen molar-refractivity contribution < 1.29 is 22.1 Å². The molecule has 112 valence electrons. The van der Waals surface area contributed by atoms with Crippen molar-refractivity contribution in [3.05, 3.63) is 35.4 Å². The molecule has 1 atom stereocenters. The second kappa shape index (κ2) is 4.80. The Kier molecular flexibility index (Phi) is 3.20. The zero-order valence-electron chi connectivity index (χ0n) is 10.7. The topological polar surface area (TPSA) is 64.9 Å². The molecule has 1 fully saturated rings. The number of rotatable bonds is 3. The van der Waals surface area contributed by atoms with E-state index in [-0.39, 0.29) is 23.2 Å². The van der Waals surface area contributed by atoms with Crippen molar-refractivity contribution in [1.82, 2.24) is 10.1 Å². The summed E-state index contributed by atoms with van der Waals surface area (Å²) >= 11 is 0. The highest BCUT2D eigenvalue weighted by atomic mass is 19.4. The summed E-state index contributed by atoms with van der Waals surface area (Å²) in [5.41, 5.74) is 4.51. The molecule has 0 saturated heterocycles. The number of nitrogens with zero attached hydrogens (tertiary/aromatic N) is 2. The predicted molar refractivity (Wildman–Crippen MR) is 64.3 cm³/mol. The molecule has 1 aromatic heterocycles. The first kappa shape index (κ1) is 14.0. The van der Waals surface area contributed by atoms with E-state index in [1.54, 1.807) is 0 Å². The standard InChI is InChI=1S/C13H11F4N3O/c14-9-4-3-7(13(15,16)17)5-8(9)12-19-11(20-21-12)10(18)6-1-2-6/h3-6,10H,1-2,18H2. The largest absolute Gasteiger partial charge is 0.416 e. The third-order valence-corrected chi connectivity index (χ3v) is 3.39. The fourth-order valence-corrected chi connectivity index (χ4v) is 2.01. The van der Waals surface area contributed by atoms with Gasteiger partial charge in [-0.05, 0) is 37.0 Å². The van der Waals surface area contributed by atoms with E-state index in [4.69, 9.17) is 10.3 Å². The van der Waals surface area contributed by atoms with Crippen molar-refractivity contribution in [2.75, 3.05) is 0 Å². The van der Waals surface area contributed by atoms with Gasteiger partial charge in [0.05, 0.1) is 17.2 Å². The van der Waals surface area contributed by atoms with Crippen LogP contribution in [0.25, 0.3) is 11.5 Å². The minimum absolute atomic E-state index is 0.185. The second-order valence-corrected chi connectivity index (χ2v) is 5.01. The van der Waals surface area contributed by atoms with Gasteiger partial charge in [-0.1, -0.05) is 5.16 Å². The van der Waals surface area contributed by atoms with E-state index in [2.05, 4.69) is 10.1 Å². The first-order chi connectivity index (χ1) is 9.86. The minimum Gasteiger partial charge on any atom is -0.334 e. The third kappa shape index (κ3) is 2.76. The number of hydrogen-bond donors (Lipinski definition) is 1. The van der Waals surface area contributed by atoms with Crippen LogP contribution in [0.1, 0.15) is 30.3 Å². The maximum absolute atomic E-state index is 13.7. The first-order valence-corrected chi connectivity index (χ1v) is 6.32. The Bertz CT molecular complexity index is 664. The third-order valence-electron chi connectivity index (χ3n) is 3.39. The second-order valence-electron chi connectivity index (χ2n) is 5.01. The average Bonchev–Trinajstić information content (AvgIpc) is 3.15. The van der Waals surface area contributed by atoms with Crippen LogP contribution in [-0.2, 0) is 6.18 Å². The normalized spacial score (nSPS) is 17.0. The molecule has 0 bridgehead atoms. The van der Waals surface area contributed by atoms with Gasteiger partial charge < -0.3 is 10.3 Å².